The Morgan fingerprint density at radius 1 is 1.00 bits per heavy atom. The van der Waals surface area contributed by atoms with Gasteiger partial charge in [-0.25, -0.2) is 23.1 Å². The molecule has 0 aliphatic carbocycles. The van der Waals surface area contributed by atoms with Crippen molar-refractivity contribution in [2.45, 2.75) is 37.3 Å². The van der Waals surface area contributed by atoms with Gasteiger partial charge in [-0.2, -0.15) is 0 Å². The molecule has 1 heterocycles. The molecule has 2 aromatic carbocycles. The molecular formula is C22H26N4O3S. The van der Waals surface area contributed by atoms with Gasteiger partial charge in [0, 0.05) is 23.7 Å². The molecule has 0 fully saturated rings. The second kappa shape index (κ2) is 8.91. The van der Waals surface area contributed by atoms with Crippen molar-refractivity contribution in [1.29, 1.82) is 0 Å². The van der Waals surface area contributed by atoms with Gasteiger partial charge in [-0.1, -0.05) is 42.5 Å². The zero-order valence-electron chi connectivity index (χ0n) is 17.2. The van der Waals surface area contributed by atoms with Crippen LogP contribution in [-0.4, -0.2) is 35.6 Å². The summed E-state index contributed by atoms with van der Waals surface area (Å²) in [4.78, 5) is 8.65. The van der Waals surface area contributed by atoms with Gasteiger partial charge in [0.1, 0.15) is 12.1 Å². The number of aliphatic hydroxyl groups is 1. The number of nitrogens with one attached hydrogen (secondary N) is 2. The predicted octanol–water partition coefficient (Wildman–Crippen LogP) is 3.37. The van der Waals surface area contributed by atoms with Crippen molar-refractivity contribution in [3.05, 3.63) is 72.6 Å². The first-order valence-corrected chi connectivity index (χ1v) is 11.1. The van der Waals surface area contributed by atoms with Crippen molar-refractivity contribution >= 4 is 15.8 Å². The first kappa shape index (κ1) is 21.9. The summed E-state index contributed by atoms with van der Waals surface area (Å²) in [7, 11) is -3.59. The van der Waals surface area contributed by atoms with Crippen LogP contribution in [0.2, 0.25) is 0 Å². The average molecular weight is 427 g/mol. The standard InChI is InChI=1S/C22H26N4O3S/c1-22(2,3)26-30(28,29)18-11-9-16(10-12-18)19-13-21(25-15-24-19)23-14-20(27)17-7-5-4-6-8-17/h4-13,15,20,26-27H,14H2,1-3H3,(H,23,24,25)/t20-/m0/s1. The summed E-state index contributed by atoms with van der Waals surface area (Å²) < 4.78 is 27.5. The third kappa shape index (κ3) is 5.85. The Hall–Kier alpha value is -2.81. The molecule has 0 radical (unpaired) electrons. The van der Waals surface area contributed by atoms with Gasteiger partial charge in [0.15, 0.2) is 0 Å². The molecule has 0 spiro atoms. The number of aliphatic hydroxyl groups excluding tert-OH is 1. The van der Waals surface area contributed by atoms with E-state index in [-0.39, 0.29) is 4.90 Å². The average Bonchev–Trinajstić information content (AvgIpc) is 2.71. The van der Waals surface area contributed by atoms with Crippen LogP contribution in [-0.2, 0) is 10.0 Å². The monoisotopic (exact) mass is 426 g/mol. The number of anilines is 1. The van der Waals surface area contributed by atoms with E-state index in [2.05, 4.69) is 20.0 Å². The Morgan fingerprint density at radius 2 is 1.67 bits per heavy atom. The molecule has 3 aromatic rings. The van der Waals surface area contributed by atoms with E-state index in [0.29, 0.717) is 18.1 Å². The Kier molecular flexibility index (Phi) is 6.50. The van der Waals surface area contributed by atoms with Crippen LogP contribution < -0.4 is 10.0 Å². The molecule has 3 N–H and O–H groups in total. The molecule has 1 atom stereocenters. The lowest BCUT2D eigenvalue weighted by atomic mass is 10.1. The van der Waals surface area contributed by atoms with Crippen LogP contribution in [0.1, 0.15) is 32.4 Å². The van der Waals surface area contributed by atoms with Crippen molar-refractivity contribution in [2.75, 3.05) is 11.9 Å². The predicted molar refractivity (Wildman–Crippen MR) is 117 cm³/mol. The van der Waals surface area contributed by atoms with E-state index in [1.165, 1.54) is 6.33 Å². The molecule has 3 rings (SSSR count). The molecule has 0 aliphatic heterocycles. The quantitative estimate of drug-likeness (QED) is 0.535. The molecule has 8 heteroatoms. The molecular weight excluding hydrogens is 400 g/mol. The van der Waals surface area contributed by atoms with E-state index in [0.717, 1.165) is 11.1 Å². The minimum atomic E-state index is -3.59. The summed E-state index contributed by atoms with van der Waals surface area (Å²) in [5.74, 6) is 0.570. The van der Waals surface area contributed by atoms with E-state index in [4.69, 9.17) is 0 Å². The maximum atomic E-state index is 12.4. The lowest BCUT2D eigenvalue weighted by Crippen LogP contribution is -2.40. The van der Waals surface area contributed by atoms with Crippen LogP contribution in [0.4, 0.5) is 5.82 Å². The fourth-order valence-electron chi connectivity index (χ4n) is 2.87. The first-order chi connectivity index (χ1) is 14.1. The Bertz CT molecular complexity index is 1080. The number of hydrogen-bond donors (Lipinski definition) is 3. The lowest BCUT2D eigenvalue weighted by Gasteiger charge is -2.20. The lowest BCUT2D eigenvalue weighted by molar-refractivity contribution is 0.191. The number of rotatable bonds is 7. The number of nitrogens with zero attached hydrogens (tertiary/aromatic N) is 2. The summed E-state index contributed by atoms with van der Waals surface area (Å²) in [6.07, 6.45) is 0.766. The highest BCUT2D eigenvalue weighted by atomic mass is 32.2. The van der Waals surface area contributed by atoms with Gasteiger partial charge < -0.3 is 10.4 Å². The van der Waals surface area contributed by atoms with Crippen LogP contribution >= 0.6 is 0 Å². The van der Waals surface area contributed by atoms with Crippen LogP contribution in [0.3, 0.4) is 0 Å². The van der Waals surface area contributed by atoms with Gasteiger partial charge in [-0.3, -0.25) is 0 Å². The minimum Gasteiger partial charge on any atom is -0.387 e. The van der Waals surface area contributed by atoms with E-state index in [1.807, 2.05) is 30.3 Å². The van der Waals surface area contributed by atoms with Crippen LogP contribution in [0, 0.1) is 0 Å². The Morgan fingerprint density at radius 3 is 2.30 bits per heavy atom. The summed E-state index contributed by atoms with van der Waals surface area (Å²) in [5.41, 5.74) is 1.67. The topological polar surface area (TPSA) is 104 Å². The van der Waals surface area contributed by atoms with E-state index in [9.17, 15) is 13.5 Å². The maximum Gasteiger partial charge on any atom is 0.241 e. The zero-order valence-corrected chi connectivity index (χ0v) is 18.0. The maximum absolute atomic E-state index is 12.4. The van der Waals surface area contributed by atoms with Crippen molar-refractivity contribution < 1.29 is 13.5 Å². The molecule has 7 nitrogen and oxygen atoms in total. The third-order valence-corrected chi connectivity index (χ3v) is 6.00. The van der Waals surface area contributed by atoms with E-state index in [1.54, 1.807) is 51.1 Å². The van der Waals surface area contributed by atoms with E-state index < -0.39 is 21.7 Å². The molecule has 0 bridgehead atoms. The Balaban J connectivity index is 1.71. The van der Waals surface area contributed by atoms with Gasteiger partial charge in [0.05, 0.1) is 16.7 Å². The smallest absolute Gasteiger partial charge is 0.241 e. The fraction of sp³-hybridized carbons (Fsp3) is 0.273. The number of aromatic nitrogens is 2. The van der Waals surface area contributed by atoms with Crippen molar-refractivity contribution in [2.24, 2.45) is 0 Å². The molecule has 0 saturated heterocycles. The third-order valence-electron chi connectivity index (χ3n) is 4.23. The highest BCUT2D eigenvalue weighted by Crippen LogP contribution is 2.22. The largest absolute Gasteiger partial charge is 0.387 e. The highest BCUT2D eigenvalue weighted by molar-refractivity contribution is 7.89. The van der Waals surface area contributed by atoms with Gasteiger partial charge in [0.25, 0.3) is 0 Å². The van der Waals surface area contributed by atoms with Crippen molar-refractivity contribution in [3.63, 3.8) is 0 Å². The van der Waals surface area contributed by atoms with Crippen LogP contribution in [0.5, 0.6) is 0 Å². The first-order valence-electron chi connectivity index (χ1n) is 9.57. The van der Waals surface area contributed by atoms with Crippen molar-refractivity contribution in [1.82, 2.24) is 14.7 Å². The van der Waals surface area contributed by atoms with E-state index >= 15 is 0 Å². The molecule has 0 unspecified atom stereocenters. The number of benzene rings is 2. The van der Waals surface area contributed by atoms with Gasteiger partial charge in [-0.05, 0) is 38.5 Å². The number of hydrogen-bond acceptors (Lipinski definition) is 6. The summed E-state index contributed by atoms with van der Waals surface area (Å²) in [6.45, 7) is 5.69. The van der Waals surface area contributed by atoms with Gasteiger partial charge >= 0.3 is 0 Å². The summed E-state index contributed by atoms with van der Waals surface area (Å²) in [6, 6.07) is 17.7. The zero-order chi connectivity index (χ0) is 21.8. The SMILES string of the molecule is CC(C)(C)NS(=O)(=O)c1ccc(-c2cc(NC[C@H](O)c3ccccc3)ncn2)cc1. The van der Waals surface area contributed by atoms with Crippen LogP contribution in [0.15, 0.2) is 71.9 Å². The number of sulfonamides is 1. The highest BCUT2D eigenvalue weighted by Gasteiger charge is 2.21. The van der Waals surface area contributed by atoms with Crippen LogP contribution in [0.25, 0.3) is 11.3 Å². The summed E-state index contributed by atoms with van der Waals surface area (Å²) in [5, 5.41) is 13.4. The fourth-order valence-corrected chi connectivity index (χ4v) is 4.29. The second-order valence-corrected chi connectivity index (χ2v) is 9.66. The van der Waals surface area contributed by atoms with Gasteiger partial charge in [-0.15, -0.1) is 0 Å². The normalized spacial score (nSPS) is 13.1. The molecule has 30 heavy (non-hydrogen) atoms. The minimum absolute atomic E-state index is 0.194. The molecule has 0 saturated carbocycles. The second-order valence-electron chi connectivity index (χ2n) is 7.98. The molecule has 0 amide bonds. The molecule has 158 valence electrons. The molecule has 0 aliphatic rings. The van der Waals surface area contributed by atoms with Crippen molar-refractivity contribution in [3.8, 4) is 11.3 Å². The Labute approximate surface area is 177 Å². The summed E-state index contributed by atoms with van der Waals surface area (Å²) >= 11 is 0. The molecule has 1 aromatic heterocycles. The van der Waals surface area contributed by atoms with Gasteiger partial charge in [0.2, 0.25) is 10.0 Å².